The predicted octanol–water partition coefficient (Wildman–Crippen LogP) is 1.71. The molecule has 0 atom stereocenters. The number of rotatable bonds is 7. The Morgan fingerprint density at radius 1 is 1.00 bits per heavy atom. The summed E-state index contributed by atoms with van der Waals surface area (Å²) in [6, 6.07) is 15.9. The van der Waals surface area contributed by atoms with Crippen LogP contribution in [0.5, 0.6) is 5.75 Å². The average Bonchev–Trinajstić information content (AvgIpc) is 2.73. The molecule has 7 nitrogen and oxygen atoms in total. The summed E-state index contributed by atoms with van der Waals surface area (Å²) in [4.78, 5) is 16.5. The number of piperazine rings is 1. The van der Waals surface area contributed by atoms with E-state index in [2.05, 4.69) is 9.62 Å². The van der Waals surface area contributed by atoms with Crippen molar-refractivity contribution in [1.29, 1.82) is 0 Å². The SMILES string of the molecule is CCOc1ccccc1N1CCN(C(=O)CNS(=O)(=O)c2ccccc2)CC1. The lowest BCUT2D eigenvalue weighted by Crippen LogP contribution is -2.51. The highest BCUT2D eigenvalue weighted by molar-refractivity contribution is 7.89. The molecule has 1 saturated heterocycles. The van der Waals surface area contributed by atoms with Crippen molar-refractivity contribution in [1.82, 2.24) is 9.62 Å². The Hall–Kier alpha value is -2.58. The average molecular weight is 404 g/mol. The molecule has 0 spiro atoms. The van der Waals surface area contributed by atoms with Crippen molar-refractivity contribution in [2.24, 2.45) is 0 Å². The Morgan fingerprint density at radius 2 is 1.64 bits per heavy atom. The van der Waals surface area contributed by atoms with Crippen molar-refractivity contribution in [3.63, 3.8) is 0 Å². The molecule has 2 aromatic rings. The van der Waals surface area contributed by atoms with Crippen molar-refractivity contribution >= 4 is 21.6 Å². The number of anilines is 1. The summed E-state index contributed by atoms with van der Waals surface area (Å²) in [5.74, 6) is 0.609. The van der Waals surface area contributed by atoms with Gasteiger partial charge >= 0.3 is 0 Å². The fourth-order valence-corrected chi connectivity index (χ4v) is 4.14. The molecular formula is C20H25N3O4S. The van der Waals surface area contributed by atoms with Gasteiger partial charge in [-0.25, -0.2) is 13.1 Å². The zero-order valence-electron chi connectivity index (χ0n) is 15.9. The second kappa shape index (κ2) is 9.07. The van der Waals surface area contributed by atoms with Crippen LogP contribution in [0.4, 0.5) is 5.69 Å². The zero-order valence-corrected chi connectivity index (χ0v) is 16.7. The van der Waals surface area contributed by atoms with Crippen LogP contribution in [0.2, 0.25) is 0 Å². The summed E-state index contributed by atoms with van der Waals surface area (Å²) in [6.07, 6.45) is 0. The maximum Gasteiger partial charge on any atom is 0.241 e. The van der Waals surface area contributed by atoms with Crippen LogP contribution in [0, 0.1) is 0 Å². The van der Waals surface area contributed by atoms with E-state index >= 15 is 0 Å². The lowest BCUT2D eigenvalue weighted by atomic mass is 10.2. The van der Waals surface area contributed by atoms with Gasteiger partial charge in [0, 0.05) is 26.2 Å². The standard InChI is InChI=1S/C20H25N3O4S/c1-2-27-19-11-7-6-10-18(19)22-12-14-23(15-13-22)20(24)16-21-28(25,26)17-8-4-3-5-9-17/h3-11,21H,2,12-16H2,1H3. The van der Waals surface area contributed by atoms with E-state index in [1.807, 2.05) is 31.2 Å². The molecule has 150 valence electrons. The first kappa shape index (κ1) is 20.2. The van der Waals surface area contributed by atoms with Crippen molar-refractivity contribution in [3.05, 3.63) is 54.6 Å². The van der Waals surface area contributed by atoms with Gasteiger partial charge in [0.15, 0.2) is 0 Å². The summed E-state index contributed by atoms with van der Waals surface area (Å²) in [7, 11) is -3.68. The molecule has 1 N–H and O–H groups in total. The molecule has 3 rings (SSSR count). The zero-order chi connectivity index (χ0) is 20.0. The molecule has 0 aromatic heterocycles. The van der Waals surface area contributed by atoms with Gasteiger partial charge in [0.25, 0.3) is 0 Å². The monoisotopic (exact) mass is 403 g/mol. The Kier molecular flexibility index (Phi) is 6.53. The Bertz CT molecular complexity index is 895. The van der Waals surface area contributed by atoms with E-state index in [0.29, 0.717) is 32.8 Å². The number of nitrogens with zero attached hydrogens (tertiary/aromatic N) is 2. The van der Waals surface area contributed by atoms with Gasteiger partial charge < -0.3 is 14.5 Å². The van der Waals surface area contributed by atoms with Crippen LogP contribution in [0.3, 0.4) is 0 Å². The van der Waals surface area contributed by atoms with Crippen molar-refractivity contribution in [3.8, 4) is 5.75 Å². The number of nitrogens with one attached hydrogen (secondary N) is 1. The second-order valence-electron chi connectivity index (χ2n) is 6.41. The van der Waals surface area contributed by atoms with E-state index in [4.69, 9.17) is 4.74 Å². The molecule has 0 radical (unpaired) electrons. The molecule has 1 fully saturated rings. The number of amides is 1. The number of hydrogen-bond acceptors (Lipinski definition) is 5. The molecule has 0 unspecified atom stereocenters. The smallest absolute Gasteiger partial charge is 0.241 e. The topological polar surface area (TPSA) is 79.0 Å². The number of carbonyl (C=O) groups excluding carboxylic acids is 1. The predicted molar refractivity (Wildman–Crippen MR) is 108 cm³/mol. The fraction of sp³-hybridized carbons (Fsp3) is 0.350. The first-order valence-corrected chi connectivity index (χ1v) is 10.8. The van der Waals surface area contributed by atoms with E-state index < -0.39 is 10.0 Å². The van der Waals surface area contributed by atoms with E-state index in [1.165, 1.54) is 12.1 Å². The lowest BCUT2D eigenvalue weighted by Gasteiger charge is -2.36. The van der Waals surface area contributed by atoms with Gasteiger partial charge in [0.1, 0.15) is 5.75 Å². The van der Waals surface area contributed by atoms with Gasteiger partial charge in [0.2, 0.25) is 15.9 Å². The number of para-hydroxylation sites is 2. The number of sulfonamides is 1. The quantitative estimate of drug-likeness (QED) is 0.762. The lowest BCUT2D eigenvalue weighted by molar-refractivity contribution is -0.130. The first-order valence-electron chi connectivity index (χ1n) is 9.30. The van der Waals surface area contributed by atoms with Crippen molar-refractivity contribution in [2.75, 3.05) is 44.2 Å². The molecule has 0 bridgehead atoms. The molecule has 0 aliphatic carbocycles. The van der Waals surface area contributed by atoms with Crippen LogP contribution >= 0.6 is 0 Å². The highest BCUT2D eigenvalue weighted by atomic mass is 32.2. The van der Waals surface area contributed by atoms with E-state index in [0.717, 1.165) is 11.4 Å². The van der Waals surface area contributed by atoms with Crippen LogP contribution in [0.15, 0.2) is 59.5 Å². The van der Waals surface area contributed by atoms with Crippen molar-refractivity contribution < 1.29 is 17.9 Å². The minimum Gasteiger partial charge on any atom is -0.492 e. The highest BCUT2D eigenvalue weighted by Crippen LogP contribution is 2.28. The van der Waals surface area contributed by atoms with Gasteiger partial charge in [-0.05, 0) is 31.2 Å². The first-order chi connectivity index (χ1) is 13.5. The number of ether oxygens (including phenoxy) is 1. The summed E-state index contributed by atoms with van der Waals surface area (Å²) in [5.41, 5.74) is 1.02. The maximum atomic E-state index is 12.4. The summed E-state index contributed by atoms with van der Waals surface area (Å²) >= 11 is 0. The second-order valence-corrected chi connectivity index (χ2v) is 8.17. The van der Waals surface area contributed by atoms with Crippen LogP contribution in [-0.4, -0.2) is 58.6 Å². The number of carbonyl (C=O) groups is 1. The van der Waals surface area contributed by atoms with Gasteiger partial charge in [-0.2, -0.15) is 0 Å². The Morgan fingerprint density at radius 3 is 2.32 bits per heavy atom. The Labute approximate surface area is 166 Å². The molecular weight excluding hydrogens is 378 g/mol. The van der Waals surface area contributed by atoms with Crippen LogP contribution in [-0.2, 0) is 14.8 Å². The number of hydrogen-bond donors (Lipinski definition) is 1. The summed E-state index contributed by atoms with van der Waals surface area (Å²) in [6.45, 7) is 4.70. The van der Waals surface area contributed by atoms with Gasteiger partial charge in [-0.3, -0.25) is 4.79 Å². The molecule has 8 heteroatoms. The molecule has 1 amide bonds. The molecule has 2 aromatic carbocycles. The Balaban J connectivity index is 1.54. The third-order valence-corrected chi connectivity index (χ3v) is 6.02. The van der Waals surface area contributed by atoms with Gasteiger partial charge in [0.05, 0.1) is 23.7 Å². The molecule has 1 aliphatic heterocycles. The molecule has 28 heavy (non-hydrogen) atoms. The summed E-state index contributed by atoms with van der Waals surface area (Å²) in [5, 5.41) is 0. The van der Waals surface area contributed by atoms with E-state index in [-0.39, 0.29) is 17.3 Å². The highest BCUT2D eigenvalue weighted by Gasteiger charge is 2.24. The summed E-state index contributed by atoms with van der Waals surface area (Å²) < 4.78 is 32.6. The van der Waals surface area contributed by atoms with Crippen LogP contribution in [0.1, 0.15) is 6.92 Å². The third-order valence-electron chi connectivity index (χ3n) is 4.61. The largest absolute Gasteiger partial charge is 0.492 e. The third kappa shape index (κ3) is 4.82. The fourth-order valence-electron chi connectivity index (χ4n) is 3.14. The van der Waals surface area contributed by atoms with Crippen LogP contribution < -0.4 is 14.4 Å². The van der Waals surface area contributed by atoms with Crippen molar-refractivity contribution in [2.45, 2.75) is 11.8 Å². The van der Waals surface area contributed by atoms with Gasteiger partial charge in [-0.15, -0.1) is 0 Å². The molecule has 1 heterocycles. The minimum absolute atomic E-state index is 0.153. The minimum atomic E-state index is -3.68. The molecule has 0 saturated carbocycles. The normalized spacial score (nSPS) is 14.8. The molecule has 1 aliphatic rings. The maximum absolute atomic E-state index is 12.4. The number of benzene rings is 2. The van der Waals surface area contributed by atoms with Gasteiger partial charge in [-0.1, -0.05) is 30.3 Å². The van der Waals surface area contributed by atoms with E-state index in [9.17, 15) is 13.2 Å². The van der Waals surface area contributed by atoms with Crippen LogP contribution in [0.25, 0.3) is 0 Å². The van der Waals surface area contributed by atoms with E-state index in [1.54, 1.807) is 23.1 Å².